The van der Waals surface area contributed by atoms with Crippen molar-refractivity contribution in [3.05, 3.63) is 24.3 Å². The van der Waals surface area contributed by atoms with Crippen LogP contribution in [0.4, 0.5) is 0 Å². The summed E-state index contributed by atoms with van der Waals surface area (Å²) in [6.07, 6.45) is 4.52. The molecule has 0 saturated carbocycles. The Hall–Kier alpha value is -1.56. The van der Waals surface area contributed by atoms with Gasteiger partial charge in [-0.15, -0.1) is 6.58 Å². The van der Waals surface area contributed by atoms with E-state index in [0.29, 0.717) is 0 Å². The van der Waals surface area contributed by atoms with Crippen LogP contribution in [0.2, 0.25) is 0 Å². The molecule has 0 rings (SSSR count). The van der Waals surface area contributed by atoms with Crippen LogP contribution in [0.15, 0.2) is 24.3 Å². The highest BCUT2D eigenvalue weighted by Gasteiger charge is 2.40. The lowest BCUT2D eigenvalue weighted by atomic mass is 9.78. The van der Waals surface area contributed by atoms with E-state index in [4.69, 9.17) is 4.74 Å². The van der Waals surface area contributed by atoms with Gasteiger partial charge in [0, 0.05) is 0 Å². The number of hydrogen-bond acceptors (Lipinski definition) is 3. The van der Waals surface area contributed by atoms with Gasteiger partial charge in [-0.3, -0.25) is 0 Å². The Balaban J connectivity index is 5.32. The zero-order valence-corrected chi connectivity index (χ0v) is 10.2. The summed E-state index contributed by atoms with van der Waals surface area (Å²) < 4.78 is 4.97. The fraction of sp³-hybridized carbons (Fsp3) is 0.538. The maximum Gasteiger partial charge on any atom is 0.331 e. The number of esters is 1. The molecule has 0 aromatic rings. The van der Waals surface area contributed by atoms with Crippen LogP contribution >= 0.6 is 0 Å². The van der Waals surface area contributed by atoms with Crippen LogP contribution in [0.3, 0.4) is 0 Å². The number of hydrogen-bond donors (Lipinski definition) is 0. The summed E-state index contributed by atoms with van der Waals surface area (Å²) in [5.41, 5.74) is -0.468. The molecule has 3 nitrogen and oxygen atoms in total. The van der Waals surface area contributed by atoms with E-state index in [9.17, 15) is 10.1 Å². The van der Waals surface area contributed by atoms with Crippen LogP contribution in [-0.4, -0.2) is 12.6 Å². The Morgan fingerprint density at radius 1 is 1.56 bits per heavy atom. The van der Waals surface area contributed by atoms with Crippen molar-refractivity contribution in [1.29, 1.82) is 5.26 Å². The van der Waals surface area contributed by atoms with Gasteiger partial charge >= 0.3 is 5.97 Å². The zero-order chi connectivity index (χ0) is 12.6. The van der Waals surface area contributed by atoms with E-state index < -0.39 is 11.4 Å². The van der Waals surface area contributed by atoms with Crippen LogP contribution in [0.25, 0.3) is 0 Å². The monoisotopic (exact) mass is 221 g/mol. The van der Waals surface area contributed by atoms with E-state index in [2.05, 4.69) is 12.6 Å². The van der Waals surface area contributed by atoms with E-state index in [0.717, 1.165) is 12.0 Å². The number of rotatable bonds is 6. The van der Waals surface area contributed by atoms with Gasteiger partial charge in [-0.1, -0.05) is 19.1 Å². The molecule has 0 spiro atoms. The van der Waals surface area contributed by atoms with E-state index in [1.165, 1.54) is 0 Å². The second-order valence-electron chi connectivity index (χ2n) is 3.53. The van der Waals surface area contributed by atoms with Gasteiger partial charge in [0.15, 0.2) is 5.41 Å². The molecule has 16 heavy (non-hydrogen) atoms. The highest BCUT2D eigenvalue weighted by molar-refractivity contribution is 5.84. The highest BCUT2D eigenvalue weighted by atomic mass is 16.5. The minimum absolute atomic E-state index is 0.277. The minimum Gasteiger partial charge on any atom is -0.465 e. The number of carbonyl (C=O) groups excluding carboxylic acids is 1. The van der Waals surface area contributed by atoms with Crippen molar-refractivity contribution in [3.63, 3.8) is 0 Å². The largest absolute Gasteiger partial charge is 0.465 e. The fourth-order valence-electron chi connectivity index (χ4n) is 1.54. The van der Waals surface area contributed by atoms with E-state index in [1.807, 2.05) is 13.0 Å². The Morgan fingerprint density at radius 2 is 2.19 bits per heavy atom. The van der Waals surface area contributed by atoms with Gasteiger partial charge in [0.05, 0.1) is 12.7 Å². The molecule has 0 radical (unpaired) electrons. The second kappa shape index (κ2) is 6.84. The lowest BCUT2D eigenvalue weighted by Crippen LogP contribution is -2.32. The highest BCUT2D eigenvalue weighted by Crippen LogP contribution is 2.33. The topological polar surface area (TPSA) is 50.1 Å². The summed E-state index contributed by atoms with van der Waals surface area (Å²) in [5.74, 6) is -0.486. The van der Waals surface area contributed by atoms with Gasteiger partial charge in [0.25, 0.3) is 0 Å². The summed E-state index contributed by atoms with van der Waals surface area (Å²) >= 11 is 0. The van der Waals surface area contributed by atoms with Crippen molar-refractivity contribution in [1.82, 2.24) is 0 Å². The standard InChI is InChI=1S/C13H19NO2/c1-5-8-11(4)13(10-14,9-6-2)12(15)16-7-3/h6,8H,2,5,7,9H2,1,3-4H3/b11-8-/t13-/m0/s1. The van der Waals surface area contributed by atoms with Crippen molar-refractivity contribution in [2.75, 3.05) is 6.61 Å². The minimum atomic E-state index is -1.20. The molecule has 0 unspecified atom stereocenters. The van der Waals surface area contributed by atoms with Gasteiger partial charge in [0.1, 0.15) is 0 Å². The van der Waals surface area contributed by atoms with Crippen molar-refractivity contribution < 1.29 is 9.53 Å². The van der Waals surface area contributed by atoms with Gasteiger partial charge in [0.2, 0.25) is 0 Å². The van der Waals surface area contributed by atoms with Crippen LogP contribution in [0.5, 0.6) is 0 Å². The maximum absolute atomic E-state index is 11.9. The van der Waals surface area contributed by atoms with E-state index in [1.54, 1.807) is 19.9 Å². The molecule has 0 amide bonds. The lowest BCUT2D eigenvalue weighted by Gasteiger charge is -2.24. The van der Waals surface area contributed by atoms with Crippen LogP contribution < -0.4 is 0 Å². The third-order valence-corrected chi connectivity index (χ3v) is 2.45. The molecule has 0 aliphatic heterocycles. The number of nitrogens with zero attached hydrogens (tertiary/aromatic N) is 1. The molecule has 0 saturated heterocycles. The quantitative estimate of drug-likeness (QED) is 0.511. The predicted octanol–water partition coefficient (Wildman–Crippen LogP) is 2.99. The molecule has 0 fully saturated rings. The molecule has 88 valence electrons. The van der Waals surface area contributed by atoms with Crippen LogP contribution in [0.1, 0.15) is 33.6 Å². The van der Waals surface area contributed by atoms with E-state index in [-0.39, 0.29) is 13.0 Å². The number of carbonyl (C=O) groups is 1. The Morgan fingerprint density at radius 3 is 2.56 bits per heavy atom. The normalized spacial score (nSPS) is 14.8. The molecular formula is C13H19NO2. The molecule has 0 aromatic carbocycles. The lowest BCUT2D eigenvalue weighted by molar-refractivity contribution is -0.149. The molecule has 0 N–H and O–H groups in total. The molecule has 0 bridgehead atoms. The summed E-state index contributed by atoms with van der Waals surface area (Å²) in [6, 6.07) is 2.07. The van der Waals surface area contributed by atoms with Crippen molar-refractivity contribution in [2.24, 2.45) is 5.41 Å². The van der Waals surface area contributed by atoms with Gasteiger partial charge in [-0.05, 0) is 32.3 Å². The zero-order valence-electron chi connectivity index (χ0n) is 10.2. The summed E-state index contributed by atoms with van der Waals surface area (Å²) in [5, 5.41) is 9.26. The van der Waals surface area contributed by atoms with Crippen molar-refractivity contribution in [2.45, 2.75) is 33.6 Å². The van der Waals surface area contributed by atoms with E-state index >= 15 is 0 Å². The third-order valence-electron chi connectivity index (χ3n) is 2.45. The number of nitriles is 1. The van der Waals surface area contributed by atoms with Gasteiger partial charge < -0.3 is 4.74 Å². The molecule has 1 atom stereocenters. The van der Waals surface area contributed by atoms with Gasteiger partial charge in [-0.25, -0.2) is 4.79 Å². The second-order valence-corrected chi connectivity index (χ2v) is 3.53. The first-order valence-electron chi connectivity index (χ1n) is 5.45. The molecule has 3 heteroatoms. The van der Waals surface area contributed by atoms with Crippen LogP contribution in [0, 0.1) is 16.7 Å². The summed E-state index contributed by atoms with van der Waals surface area (Å²) in [7, 11) is 0. The molecule has 0 aromatic heterocycles. The third kappa shape index (κ3) is 2.96. The fourth-order valence-corrected chi connectivity index (χ4v) is 1.54. The first-order chi connectivity index (χ1) is 7.58. The average Bonchev–Trinajstić information content (AvgIpc) is 2.26. The molecule has 0 heterocycles. The maximum atomic E-state index is 11.9. The summed E-state index contributed by atoms with van der Waals surface area (Å²) in [4.78, 5) is 11.9. The number of allylic oxidation sites excluding steroid dienone is 2. The molecular weight excluding hydrogens is 202 g/mol. The smallest absolute Gasteiger partial charge is 0.331 e. The predicted molar refractivity (Wildman–Crippen MR) is 63.5 cm³/mol. The Labute approximate surface area is 97.4 Å². The average molecular weight is 221 g/mol. The van der Waals surface area contributed by atoms with Crippen LogP contribution in [-0.2, 0) is 9.53 Å². The SMILES string of the molecule is C=CC[C@@](C#N)(C(=O)OCC)/C(C)=C\CC. The molecule has 0 aliphatic carbocycles. The first kappa shape index (κ1) is 14.4. The van der Waals surface area contributed by atoms with Crippen molar-refractivity contribution in [3.8, 4) is 6.07 Å². The Kier molecular flexibility index (Phi) is 6.17. The van der Waals surface area contributed by atoms with Crippen molar-refractivity contribution >= 4 is 5.97 Å². The summed E-state index contributed by atoms with van der Waals surface area (Å²) in [6.45, 7) is 9.35. The first-order valence-corrected chi connectivity index (χ1v) is 5.45. The Bertz CT molecular complexity index is 325. The van der Waals surface area contributed by atoms with Gasteiger partial charge in [-0.2, -0.15) is 5.26 Å². The molecule has 0 aliphatic rings. The number of ether oxygens (including phenoxy) is 1.